The van der Waals surface area contributed by atoms with Crippen LogP contribution in [0.3, 0.4) is 0 Å². The summed E-state index contributed by atoms with van der Waals surface area (Å²) in [6.07, 6.45) is 5.35. The first-order valence-electron chi connectivity index (χ1n) is 12.0. The number of hydrogen-bond donors (Lipinski definition) is 1. The van der Waals surface area contributed by atoms with Gasteiger partial charge in [0.15, 0.2) is 5.82 Å². The molecular weight excluding hydrogens is 536 g/mol. The third-order valence-electron chi connectivity index (χ3n) is 5.99. The summed E-state index contributed by atoms with van der Waals surface area (Å²) in [6.45, 7) is 3.10. The van der Waals surface area contributed by atoms with Gasteiger partial charge in [-0.25, -0.2) is 9.97 Å². The van der Waals surface area contributed by atoms with Crippen LogP contribution in [0.1, 0.15) is 40.6 Å². The third-order valence-corrected chi connectivity index (χ3v) is 6.65. The Morgan fingerprint density at radius 3 is 2.59 bits per heavy atom. The first-order valence-corrected chi connectivity index (χ1v) is 12.8. The molecule has 2 aromatic heterocycles. The molecule has 4 aromatic rings. The highest BCUT2D eigenvalue weighted by molar-refractivity contribution is 9.10. The first kappa shape index (κ1) is 25.0. The van der Waals surface area contributed by atoms with Gasteiger partial charge < -0.3 is 19.5 Å². The quantitative estimate of drug-likeness (QED) is 0.291. The van der Waals surface area contributed by atoms with Gasteiger partial charge in [0.05, 0.1) is 10.0 Å². The number of halogens is 1. The van der Waals surface area contributed by atoms with Crippen molar-refractivity contribution in [2.45, 2.75) is 25.7 Å². The Kier molecular flexibility index (Phi) is 7.29. The van der Waals surface area contributed by atoms with Crippen molar-refractivity contribution in [2.24, 2.45) is 0 Å². The number of nitrogens with one attached hydrogen (secondary N) is 1. The molecule has 0 bridgehead atoms. The number of anilines is 1. The highest BCUT2D eigenvalue weighted by Crippen LogP contribution is 2.45. The maximum atomic E-state index is 12.9. The number of benzene rings is 2. The smallest absolute Gasteiger partial charge is 0.258 e. The molecule has 5 rings (SSSR count). The van der Waals surface area contributed by atoms with Gasteiger partial charge in [-0.3, -0.25) is 4.79 Å². The van der Waals surface area contributed by atoms with Crippen molar-refractivity contribution < 1.29 is 14.1 Å². The number of nitrogens with zero attached hydrogens (tertiary/aromatic N) is 5. The summed E-state index contributed by atoms with van der Waals surface area (Å²) >= 11 is 3.50. The summed E-state index contributed by atoms with van der Waals surface area (Å²) in [5, 5.41) is 6.93. The van der Waals surface area contributed by atoms with Crippen LogP contribution in [0.25, 0.3) is 22.8 Å². The van der Waals surface area contributed by atoms with Crippen molar-refractivity contribution in [1.82, 2.24) is 25.0 Å². The van der Waals surface area contributed by atoms with Crippen LogP contribution < -0.4 is 10.1 Å². The van der Waals surface area contributed by atoms with Gasteiger partial charge in [0.1, 0.15) is 12.4 Å². The number of amides is 1. The standard InChI is InChI=1S/C27H27BrN6O3/c1-16-31-25(33-37-16)18-6-8-21(22(12-18)17-4-5-17)26-29-14-19(15-30-26)27(35)32-20-7-9-23(28)24(13-20)36-11-10-34(2)3/h6-9,12-15,17H,4-5,10-11H2,1-3H3,(H,32,35). The summed E-state index contributed by atoms with van der Waals surface area (Å²) in [5.41, 5.74) is 4.01. The average molecular weight is 563 g/mol. The van der Waals surface area contributed by atoms with Crippen LogP contribution in [0.4, 0.5) is 5.69 Å². The van der Waals surface area contributed by atoms with Crippen LogP contribution in [0.2, 0.25) is 0 Å². The SMILES string of the molecule is Cc1nc(-c2ccc(-c3ncc(C(=O)Nc4ccc(Br)c(OCCN(C)C)c4)cn3)c(C3CC3)c2)no1. The number of rotatable bonds is 9. The van der Waals surface area contributed by atoms with Gasteiger partial charge in [0.25, 0.3) is 5.91 Å². The van der Waals surface area contributed by atoms with Crippen molar-refractivity contribution in [3.63, 3.8) is 0 Å². The molecule has 0 saturated heterocycles. The summed E-state index contributed by atoms with van der Waals surface area (Å²) in [7, 11) is 3.97. The average Bonchev–Trinajstić information content (AvgIpc) is 3.65. The van der Waals surface area contributed by atoms with Gasteiger partial charge in [-0.05, 0) is 72.5 Å². The fraction of sp³-hybridized carbons (Fsp3) is 0.296. The highest BCUT2D eigenvalue weighted by atomic mass is 79.9. The molecule has 2 heterocycles. The summed E-state index contributed by atoms with van der Waals surface area (Å²) < 4.78 is 11.8. The van der Waals surface area contributed by atoms with Gasteiger partial charge in [0.2, 0.25) is 11.7 Å². The molecule has 190 valence electrons. The van der Waals surface area contributed by atoms with Crippen LogP contribution in [0.15, 0.2) is 57.8 Å². The van der Waals surface area contributed by atoms with E-state index in [2.05, 4.69) is 47.4 Å². The minimum atomic E-state index is -0.293. The largest absolute Gasteiger partial charge is 0.491 e. The Hall–Kier alpha value is -3.63. The van der Waals surface area contributed by atoms with E-state index in [-0.39, 0.29) is 5.91 Å². The molecule has 1 fully saturated rings. The second-order valence-corrected chi connectivity index (χ2v) is 10.1. The van der Waals surface area contributed by atoms with E-state index in [4.69, 9.17) is 9.26 Å². The molecule has 2 aromatic carbocycles. The molecule has 1 N–H and O–H groups in total. The number of carbonyl (C=O) groups excluding carboxylic acids is 1. The Morgan fingerprint density at radius 1 is 1.14 bits per heavy atom. The van der Waals surface area contributed by atoms with Crippen LogP contribution in [-0.2, 0) is 0 Å². The van der Waals surface area contributed by atoms with Crippen molar-refractivity contribution >= 4 is 27.5 Å². The van der Waals surface area contributed by atoms with Crippen LogP contribution in [0.5, 0.6) is 5.75 Å². The van der Waals surface area contributed by atoms with Gasteiger partial charge in [-0.15, -0.1) is 0 Å². The third kappa shape index (κ3) is 6.03. The lowest BCUT2D eigenvalue weighted by atomic mass is 9.99. The Morgan fingerprint density at radius 2 is 1.92 bits per heavy atom. The van der Waals surface area contributed by atoms with E-state index in [1.165, 1.54) is 0 Å². The van der Waals surface area contributed by atoms with Crippen LogP contribution in [0, 0.1) is 6.92 Å². The number of aryl methyl sites for hydroxylation is 1. The van der Waals surface area contributed by atoms with Gasteiger partial charge >= 0.3 is 0 Å². The number of likely N-dealkylation sites (N-methyl/N-ethyl adjacent to an activating group) is 1. The second kappa shape index (κ2) is 10.8. The monoisotopic (exact) mass is 562 g/mol. The Bertz CT molecular complexity index is 1420. The predicted octanol–water partition coefficient (Wildman–Crippen LogP) is 5.33. The van der Waals surface area contributed by atoms with Crippen molar-refractivity contribution in [3.05, 3.63) is 70.3 Å². The Labute approximate surface area is 223 Å². The topological polar surface area (TPSA) is 106 Å². The van der Waals surface area contributed by atoms with E-state index in [1.54, 1.807) is 25.4 Å². The molecule has 0 unspecified atom stereocenters. The highest BCUT2D eigenvalue weighted by Gasteiger charge is 2.28. The molecule has 0 atom stereocenters. The maximum absolute atomic E-state index is 12.9. The minimum absolute atomic E-state index is 0.293. The maximum Gasteiger partial charge on any atom is 0.258 e. The predicted molar refractivity (Wildman–Crippen MR) is 144 cm³/mol. The molecule has 1 saturated carbocycles. The number of ether oxygens (including phenoxy) is 1. The number of carbonyl (C=O) groups is 1. The summed E-state index contributed by atoms with van der Waals surface area (Å²) in [4.78, 5) is 28.3. The number of aromatic nitrogens is 4. The van der Waals surface area contributed by atoms with Gasteiger partial charge in [-0.1, -0.05) is 17.3 Å². The molecule has 1 aliphatic carbocycles. The van der Waals surface area contributed by atoms with Crippen molar-refractivity contribution in [2.75, 3.05) is 32.6 Å². The van der Waals surface area contributed by atoms with Gasteiger partial charge in [0, 0.05) is 48.7 Å². The zero-order chi connectivity index (χ0) is 25.9. The summed E-state index contributed by atoms with van der Waals surface area (Å²) in [6, 6.07) is 11.5. The van der Waals surface area contributed by atoms with E-state index in [1.807, 2.05) is 43.3 Å². The molecule has 1 aliphatic rings. The molecule has 0 aliphatic heterocycles. The van der Waals surface area contributed by atoms with Gasteiger partial charge in [-0.2, -0.15) is 4.98 Å². The van der Waals surface area contributed by atoms with Crippen LogP contribution >= 0.6 is 15.9 Å². The van der Waals surface area contributed by atoms with E-state index in [0.717, 1.165) is 40.5 Å². The molecular formula is C27H27BrN6O3. The molecule has 0 spiro atoms. The zero-order valence-corrected chi connectivity index (χ0v) is 22.4. The molecule has 0 radical (unpaired) electrons. The molecule has 10 heteroatoms. The zero-order valence-electron chi connectivity index (χ0n) is 20.9. The van der Waals surface area contributed by atoms with E-state index in [0.29, 0.717) is 47.1 Å². The summed E-state index contributed by atoms with van der Waals surface area (Å²) in [5.74, 6) is 2.51. The lowest BCUT2D eigenvalue weighted by molar-refractivity contribution is 0.102. The van der Waals surface area contributed by atoms with Crippen molar-refractivity contribution in [1.29, 1.82) is 0 Å². The Balaban J connectivity index is 1.31. The molecule has 1 amide bonds. The van der Waals surface area contributed by atoms with Crippen molar-refractivity contribution in [3.8, 4) is 28.5 Å². The lowest BCUT2D eigenvalue weighted by Crippen LogP contribution is -2.19. The fourth-order valence-electron chi connectivity index (χ4n) is 3.87. The first-order chi connectivity index (χ1) is 17.9. The van der Waals surface area contributed by atoms with Crippen LogP contribution in [-0.4, -0.2) is 58.2 Å². The van der Waals surface area contributed by atoms with E-state index >= 15 is 0 Å². The number of hydrogen-bond acceptors (Lipinski definition) is 8. The minimum Gasteiger partial charge on any atom is -0.491 e. The fourth-order valence-corrected chi connectivity index (χ4v) is 4.23. The molecule has 37 heavy (non-hydrogen) atoms. The van der Waals surface area contributed by atoms with E-state index in [9.17, 15) is 4.79 Å². The normalized spacial score (nSPS) is 13.1. The lowest BCUT2D eigenvalue weighted by Gasteiger charge is -2.13. The van der Waals surface area contributed by atoms with E-state index < -0.39 is 0 Å². The molecule has 9 nitrogen and oxygen atoms in total. The second-order valence-electron chi connectivity index (χ2n) is 9.26.